The molecule has 0 bridgehead atoms. The van der Waals surface area contributed by atoms with Gasteiger partial charge in [0.05, 0.1) is 45.1 Å². The summed E-state index contributed by atoms with van der Waals surface area (Å²) in [6.07, 6.45) is 5.84. The average Bonchev–Trinajstić information content (AvgIpc) is 2.79. The Hall–Kier alpha value is -3.80. The summed E-state index contributed by atoms with van der Waals surface area (Å²) in [5.41, 5.74) is 0.0254. The molecule has 0 spiro atoms. The molecule has 10 nitrogen and oxygen atoms in total. The number of aliphatic carboxylic acids is 1. The van der Waals surface area contributed by atoms with Gasteiger partial charge in [0.15, 0.2) is 28.9 Å². The first kappa shape index (κ1) is 24.5. The van der Waals surface area contributed by atoms with Crippen molar-refractivity contribution in [2.75, 3.05) is 26.1 Å². The van der Waals surface area contributed by atoms with Crippen molar-refractivity contribution in [2.24, 2.45) is 0 Å². The van der Waals surface area contributed by atoms with E-state index in [1.54, 1.807) is 11.5 Å². The Morgan fingerprint density at radius 1 is 1.22 bits per heavy atom. The zero-order chi connectivity index (χ0) is 23.5. The lowest BCUT2D eigenvalue weighted by Crippen LogP contribution is -2.78. The van der Waals surface area contributed by atoms with Gasteiger partial charge in [-0.05, 0) is 0 Å². The molecule has 2 rings (SSSR count). The summed E-state index contributed by atoms with van der Waals surface area (Å²) in [5.74, 6) is -2.68. The molecule has 12 heteroatoms. The Kier molecular flexibility index (Phi) is 9.29. The smallest absolute Gasteiger partial charge is 0.303 e. The van der Waals surface area contributed by atoms with E-state index >= 15 is 0 Å². The maximum Gasteiger partial charge on any atom is 0.303 e. The Balaban J connectivity index is 1.98. The summed E-state index contributed by atoms with van der Waals surface area (Å²) in [7, 11) is 2.51. The predicted molar refractivity (Wildman–Crippen MR) is 110 cm³/mol. The van der Waals surface area contributed by atoms with Crippen LogP contribution in [0.5, 0.6) is 17.2 Å². The highest BCUT2D eigenvalue weighted by atomic mass is 19.1. The number of ether oxygens (including phenoxy) is 3. The third kappa shape index (κ3) is 6.87. The topological polar surface area (TPSA) is 143 Å². The second kappa shape index (κ2) is 12.2. The second-order valence-corrected chi connectivity index (χ2v) is 6.33. The third-order valence-corrected chi connectivity index (χ3v) is 4.15. The minimum atomic E-state index is -0.898. The lowest BCUT2D eigenvalue weighted by atomic mass is 10.1. The van der Waals surface area contributed by atoms with E-state index in [2.05, 4.69) is 15.3 Å². The lowest BCUT2D eigenvalue weighted by molar-refractivity contribution is -0.588. The van der Waals surface area contributed by atoms with E-state index in [1.807, 2.05) is 0 Å². The van der Waals surface area contributed by atoms with Crippen molar-refractivity contribution in [3.63, 3.8) is 0 Å². The van der Waals surface area contributed by atoms with Gasteiger partial charge in [0, 0.05) is 18.7 Å². The molecule has 1 heterocycles. The zero-order valence-corrected chi connectivity index (χ0v) is 17.5. The lowest BCUT2D eigenvalue weighted by Gasteiger charge is -2.13. The number of halogens is 2. The molecule has 32 heavy (non-hydrogen) atoms. The van der Waals surface area contributed by atoms with Crippen LogP contribution >= 0.6 is 0 Å². The van der Waals surface area contributed by atoms with E-state index in [1.165, 1.54) is 26.6 Å². The number of allylic oxidation sites excluding steroid dienone is 1. The van der Waals surface area contributed by atoms with Crippen LogP contribution in [0.4, 0.5) is 14.7 Å². The quantitative estimate of drug-likeness (QED) is 0.266. The van der Waals surface area contributed by atoms with Gasteiger partial charge in [-0.25, -0.2) is 18.7 Å². The molecule has 0 atom stereocenters. The SMILES string of the molecule is COc1cc(OC)c(F)c(COc2cnc(N/C(C=N)=C/[NH2+]CCCC(=O)O)nc2)c1F. The number of quaternary nitrogens is 1. The number of carboxylic acids is 1. The van der Waals surface area contributed by atoms with Crippen molar-refractivity contribution < 1.29 is 38.2 Å². The molecule has 0 unspecified atom stereocenters. The summed E-state index contributed by atoms with van der Waals surface area (Å²) in [6.45, 7) is 0.0967. The number of anilines is 1. The van der Waals surface area contributed by atoms with Crippen LogP contribution in [0.25, 0.3) is 0 Å². The van der Waals surface area contributed by atoms with E-state index in [-0.39, 0.29) is 35.2 Å². The molecular weight excluding hydrogens is 428 g/mol. The Labute approximate surface area is 182 Å². The summed E-state index contributed by atoms with van der Waals surface area (Å²) in [4.78, 5) is 18.6. The fourth-order valence-corrected chi connectivity index (χ4v) is 2.51. The first-order chi connectivity index (χ1) is 15.4. The number of carbonyl (C=O) groups is 1. The van der Waals surface area contributed by atoms with Gasteiger partial charge < -0.3 is 35.4 Å². The van der Waals surface area contributed by atoms with Crippen molar-refractivity contribution in [1.82, 2.24) is 9.97 Å². The van der Waals surface area contributed by atoms with Crippen molar-refractivity contribution in [3.05, 3.63) is 47.6 Å². The van der Waals surface area contributed by atoms with Gasteiger partial charge in [-0.2, -0.15) is 0 Å². The second-order valence-electron chi connectivity index (χ2n) is 6.33. The molecule has 0 saturated carbocycles. The standard InChI is InChI=1S/C20H23F2N5O5/c1-30-15-6-16(31-2)19(22)14(18(15)21)11-32-13-9-25-20(26-10-13)27-12(7-23)8-24-5-3-4-17(28)29/h6-10,23-24H,3-5,11H2,1-2H3,(H,28,29)(H,25,26,27)/p+1/b12-8+,23-7?. The highest BCUT2D eigenvalue weighted by Gasteiger charge is 2.20. The fraction of sp³-hybridized carbons (Fsp3) is 0.300. The molecule has 0 radical (unpaired) electrons. The minimum absolute atomic E-state index is 0.0681. The van der Waals surface area contributed by atoms with Gasteiger partial charge >= 0.3 is 5.97 Å². The van der Waals surface area contributed by atoms with Crippen LogP contribution in [0.3, 0.4) is 0 Å². The van der Waals surface area contributed by atoms with Crippen LogP contribution in [-0.4, -0.2) is 48.0 Å². The molecule has 0 amide bonds. The Bertz CT molecular complexity index is 942. The number of methoxy groups -OCH3 is 2. The predicted octanol–water partition coefficient (Wildman–Crippen LogP) is 1.68. The van der Waals surface area contributed by atoms with Crippen molar-refractivity contribution >= 4 is 18.1 Å². The number of hydrogen-bond donors (Lipinski definition) is 4. The Morgan fingerprint density at radius 2 is 1.84 bits per heavy atom. The average molecular weight is 452 g/mol. The van der Waals surface area contributed by atoms with E-state index in [0.717, 1.165) is 12.3 Å². The van der Waals surface area contributed by atoms with Gasteiger partial charge in [0.1, 0.15) is 18.5 Å². The largest absolute Gasteiger partial charge is 0.494 e. The number of benzene rings is 1. The maximum atomic E-state index is 14.4. The molecule has 0 fully saturated rings. The molecule has 172 valence electrons. The molecule has 5 N–H and O–H groups in total. The molecule has 1 aromatic heterocycles. The number of rotatable bonds is 13. The molecule has 0 saturated heterocycles. The van der Waals surface area contributed by atoms with Crippen LogP contribution in [0.15, 0.2) is 30.4 Å². The summed E-state index contributed by atoms with van der Waals surface area (Å²) >= 11 is 0. The molecule has 1 aromatic carbocycles. The molecule has 0 aliphatic rings. The number of hydrogen-bond acceptors (Lipinski definition) is 8. The fourth-order valence-electron chi connectivity index (χ4n) is 2.51. The highest BCUT2D eigenvalue weighted by Crippen LogP contribution is 2.31. The highest BCUT2D eigenvalue weighted by molar-refractivity contribution is 5.79. The van der Waals surface area contributed by atoms with Gasteiger partial charge in [-0.15, -0.1) is 0 Å². The number of nitrogens with two attached hydrogens (primary N) is 1. The zero-order valence-electron chi connectivity index (χ0n) is 17.5. The van der Waals surface area contributed by atoms with Crippen LogP contribution in [0, 0.1) is 17.0 Å². The first-order valence-corrected chi connectivity index (χ1v) is 9.46. The van der Waals surface area contributed by atoms with Gasteiger partial charge in [0.2, 0.25) is 5.95 Å². The van der Waals surface area contributed by atoms with Crippen molar-refractivity contribution in [1.29, 1.82) is 5.41 Å². The first-order valence-electron chi connectivity index (χ1n) is 9.46. The van der Waals surface area contributed by atoms with E-state index in [9.17, 15) is 13.6 Å². The monoisotopic (exact) mass is 452 g/mol. The van der Waals surface area contributed by atoms with Gasteiger partial charge in [-0.1, -0.05) is 0 Å². The number of nitrogens with one attached hydrogen (secondary N) is 2. The molecule has 2 aromatic rings. The van der Waals surface area contributed by atoms with Crippen molar-refractivity contribution in [3.8, 4) is 17.2 Å². The molecular formula is C20H24F2N5O5+. The number of nitrogens with zero attached hydrogens (tertiary/aromatic N) is 2. The van der Waals surface area contributed by atoms with Crippen LogP contribution in [0.1, 0.15) is 18.4 Å². The van der Waals surface area contributed by atoms with Gasteiger partial charge in [0.25, 0.3) is 0 Å². The van der Waals surface area contributed by atoms with Crippen molar-refractivity contribution in [2.45, 2.75) is 19.4 Å². The van der Waals surface area contributed by atoms with Crippen LogP contribution < -0.4 is 24.8 Å². The Morgan fingerprint density at radius 3 is 2.38 bits per heavy atom. The summed E-state index contributed by atoms with van der Waals surface area (Å²) in [6, 6.07) is 1.11. The number of carboxylic acid groups (broad SMARTS) is 1. The summed E-state index contributed by atoms with van der Waals surface area (Å²) < 4.78 is 43.9. The number of aromatic nitrogens is 2. The third-order valence-electron chi connectivity index (χ3n) is 4.15. The minimum Gasteiger partial charge on any atom is -0.494 e. The van der Waals surface area contributed by atoms with Crippen LogP contribution in [0.2, 0.25) is 0 Å². The van der Waals surface area contributed by atoms with E-state index in [4.69, 9.17) is 24.7 Å². The van der Waals surface area contributed by atoms with E-state index < -0.39 is 24.2 Å². The molecule has 0 aliphatic carbocycles. The van der Waals surface area contributed by atoms with Crippen LogP contribution in [-0.2, 0) is 11.4 Å². The van der Waals surface area contributed by atoms with E-state index in [0.29, 0.717) is 18.7 Å². The summed E-state index contributed by atoms with van der Waals surface area (Å²) in [5, 5.41) is 20.6. The normalized spacial score (nSPS) is 11.1. The van der Waals surface area contributed by atoms with Gasteiger partial charge in [-0.3, -0.25) is 4.79 Å². The molecule has 0 aliphatic heterocycles. The maximum absolute atomic E-state index is 14.4.